The summed E-state index contributed by atoms with van der Waals surface area (Å²) in [6.07, 6.45) is 3.11. The van der Waals surface area contributed by atoms with Crippen molar-refractivity contribution in [3.05, 3.63) is 28.8 Å². The topological polar surface area (TPSA) is 52.5 Å². The normalized spacial score (nSPS) is 12.6. The van der Waals surface area contributed by atoms with Crippen LogP contribution in [-0.4, -0.2) is 23.4 Å². The maximum atomic E-state index is 9.32. The van der Waals surface area contributed by atoms with Gasteiger partial charge in [-0.25, -0.2) is 0 Å². The Balaban J connectivity index is 2.37. The Hall–Kier alpha value is -0.770. The minimum atomic E-state index is 0.115. The van der Waals surface area contributed by atoms with Crippen molar-refractivity contribution in [2.45, 2.75) is 32.7 Å². The Kier molecular flexibility index (Phi) is 7.09. The molecule has 3 nitrogen and oxygen atoms in total. The SMILES string of the molecule is CCCC(CCO)CNCc1ccc(O)c(Cl)c1. The fourth-order valence-electron chi connectivity index (χ4n) is 2.02. The molecule has 1 atom stereocenters. The predicted molar refractivity (Wildman–Crippen MR) is 74.9 cm³/mol. The van der Waals surface area contributed by atoms with Crippen molar-refractivity contribution in [3.8, 4) is 5.75 Å². The number of benzene rings is 1. The van der Waals surface area contributed by atoms with Crippen LogP contribution in [0.3, 0.4) is 0 Å². The number of aliphatic hydroxyl groups is 1. The van der Waals surface area contributed by atoms with Gasteiger partial charge in [-0.1, -0.05) is 31.0 Å². The second kappa shape index (κ2) is 8.35. The predicted octanol–water partition coefficient (Wildman–Crippen LogP) is 2.93. The lowest BCUT2D eigenvalue weighted by Gasteiger charge is -2.15. The summed E-state index contributed by atoms with van der Waals surface area (Å²) in [5.41, 5.74) is 1.05. The lowest BCUT2D eigenvalue weighted by Crippen LogP contribution is -2.23. The van der Waals surface area contributed by atoms with E-state index in [2.05, 4.69) is 12.2 Å². The van der Waals surface area contributed by atoms with Gasteiger partial charge in [-0.15, -0.1) is 0 Å². The quantitative estimate of drug-likeness (QED) is 0.681. The van der Waals surface area contributed by atoms with Gasteiger partial charge in [-0.05, 0) is 43.0 Å². The van der Waals surface area contributed by atoms with E-state index < -0.39 is 0 Å². The molecule has 1 aromatic carbocycles. The van der Waals surface area contributed by atoms with E-state index in [0.717, 1.165) is 37.9 Å². The monoisotopic (exact) mass is 271 g/mol. The maximum Gasteiger partial charge on any atom is 0.134 e. The van der Waals surface area contributed by atoms with Gasteiger partial charge < -0.3 is 15.5 Å². The number of halogens is 1. The molecule has 4 heteroatoms. The van der Waals surface area contributed by atoms with Gasteiger partial charge >= 0.3 is 0 Å². The highest BCUT2D eigenvalue weighted by Gasteiger charge is 2.07. The number of hydrogen-bond acceptors (Lipinski definition) is 3. The van der Waals surface area contributed by atoms with Gasteiger partial charge in [0, 0.05) is 13.2 Å². The van der Waals surface area contributed by atoms with Crippen LogP contribution in [0.25, 0.3) is 0 Å². The van der Waals surface area contributed by atoms with E-state index >= 15 is 0 Å². The summed E-state index contributed by atoms with van der Waals surface area (Å²) in [5.74, 6) is 0.636. The van der Waals surface area contributed by atoms with E-state index in [4.69, 9.17) is 16.7 Å². The minimum Gasteiger partial charge on any atom is -0.506 e. The molecule has 0 fully saturated rings. The molecule has 0 aliphatic rings. The number of aromatic hydroxyl groups is 1. The van der Waals surface area contributed by atoms with Crippen LogP contribution in [0.5, 0.6) is 5.75 Å². The average Bonchev–Trinajstić information content (AvgIpc) is 2.34. The van der Waals surface area contributed by atoms with Crippen LogP contribution in [-0.2, 0) is 6.54 Å². The first kappa shape index (κ1) is 15.3. The number of hydrogen-bond donors (Lipinski definition) is 3. The van der Waals surface area contributed by atoms with Gasteiger partial charge in [-0.2, -0.15) is 0 Å². The van der Waals surface area contributed by atoms with E-state index in [9.17, 15) is 5.11 Å². The number of aliphatic hydroxyl groups excluding tert-OH is 1. The molecule has 0 aliphatic carbocycles. The van der Waals surface area contributed by atoms with Gasteiger partial charge in [0.2, 0.25) is 0 Å². The molecular formula is C14H22ClNO2. The molecule has 1 unspecified atom stereocenters. The largest absolute Gasteiger partial charge is 0.506 e. The van der Waals surface area contributed by atoms with Crippen LogP contribution in [0.1, 0.15) is 31.7 Å². The van der Waals surface area contributed by atoms with Crippen molar-refractivity contribution >= 4 is 11.6 Å². The molecule has 18 heavy (non-hydrogen) atoms. The smallest absolute Gasteiger partial charge is 0.134 e. The lowest BCUT2D eigenvalue weighted by atomic mass is 10.0. The maximum absolute atomic E-state index is 9.32. The van der Waals surface area contributed by atoms with Crippen LogP contribution in [0.2, 0.25) is 5.02 Å². The molecule has 0 saturated heterocycles. The fraction of sp³-hybridized carbons (Fsp3) is 0.571. The van der Waals surface area contributed by atoms with Gasteiger partial charge in [-0.3, -0.25) is 0 Å². The van der Waals surface area contributed by atoms with Crippen molar-refractivity contribution in [2.75, 3.05) is 13.2 Å². The Labute approximate surface area is 114 Å². The van der Waals surface area contributed by atoms with Crippen molar-refractivity contribution < 1.29 is 10.2 Å². The highest BCUT2D eigenvalue weighted by atomic mass is 35.5. The molecule has 1 aromatic rings. The highest BCUT2D eigenvalue weighted by Crippen LogP contribution is 2.23. The van der Waals surface area contributed by atoms with E-state index in [1.807, 2.05) is 6.07 Å². The molecule has 0 amide bonds. The van der Waals surface area contributed by atoms with Crippen LogP contribution in [0.15, 0.2) is 18.2 Å². The summed E-state index contributed by atoms with van der Waals surface area (Å²) in [4.78, 5) is 0. The first-order chi connectivity index (χ1) is 8.67. The number of phenolic OH excluding ortho intramolecular Hbond substituents is 1. The summed E-state index contributed by atoms with van der Waals surface area (Å²) < 4.78 is 0. The van der Waals surface area contributed by atoms with Crippen molar-refractivity contribution in [3.63, 3.8) is 0 Å². The van der Waals surface area contributed by atoms with Crippen LogP contribution in [0, 0.1) is 5.92 Å². The second-order valence-electron chi connectivity index (χ2n) is 4.58. The van der Waals surface area contributed by atoms with Crippen molar-refractivity contribution in [1.82, 2.24) is 5.32 Å². The molecule has 0 saturated carbocycles. The van der Waals surface area contributed by atoms with Gasteiger partial charge in [0.15, 0.2) is 0 Å². The van der Waals surface area contributed by atoms with Crippen molar-refractivity contribution in [2.24, 2.45) is 5.92 Å². The highest BCUT2D eigenvalue weighted by molar-refractivity contribution is 6.32. The van der Waals surface area contributed by atoms with E-state index in [1.165, 1.54) is 0 Å². The molecule has 0 radical (unpaired) electrons. The Bertz CT molecular complexity index is 352. The zero-order valence-electron chi connectivity index (χ0n) is 10.8. The molecule has 1 rings (SSSR count). The Morgan fingerprint density at radius 3 is 2.72 bits per heavy atom. The zero-order valence-corrected chi connectivity index (χ0v) is 11.6. The van der Waals surface area contributed by atoms with E-state index in [0.29, 0.717) is 10.9 Å². The zero-order chi connectivity index (χ0) is 13.4. The van der Waals surface area contributed by atoms with Crippen LogP contribution >= 0.6 is 11.6 Å². The fourth-order valence-corrected chi connectivity index (χ4v) is 2.22. The second-order valence-corrected chi connectivity index (χ2v) is 4.99. The Morgan fingerprint density at radius 1 is 1.33 bits per heavy atom. The van der Waals surface area contributed by atoms with Crippen LogP contribution < -0.4 is 5.32 Å². The summed E-state index contributed by atoms with van der Waals surface area (Å²) in [5, 5.41) is 22.0. The molecule has 0 heterocycles. The van der Waals surface area contributed by atoms with Crippen LogP contribution in [0.4, 0.5) is 0 Å². The third-order valence-electron chi connectivity index (χ3n) is 3.01. The first-order valence-corrected chi connectivity index (χ1v) is 6.84. The van der Waals surface area contributed by atoms with Gasteiger partial charge in [0.05, 0.1) is 5.02 Å². The molecule has 0 aromatic heterocycles. The summed E-state index contributed by atoms with van der Waals surface area (Å²) in [6.45, 7) is 4.03. The van der Waals surface area contributed by atoms with Gasteiger partial charge in [0.25, 0.3) is 0 Å². The molecule has 0 aliphatic heterocycles. The van der Waals surface area contributed by atoms with Crippen molar-refractivity contribution in [1.29, 1.82) is 0 Å². The van der Waals surface area contributed by atoms with Gasteiger partial charge in [0.1, 0.15) is 5.75 Å². The molecule has 3 N–H and O–H groups in total. The third-order valence-corrected chi connectivity index (χ3v) is 3.31. The summed E-state index contributed by atoms with van der Waals surface area (Å²) in [6, 6.07) is 5.23. The summed E-state index contributed by atoms with van der Waals surface area (Å²) in [7, 11) is 0. The molecular weight excluding hydrogens is 250 g/mol. The summed E-state index contributed by atoms with van der Waals surface area (Å²) >= 11 is 5.84. The average molecular weight is 272 g/mol. The molecule has 102 valence electrons. The lowest BCUT2D eigenvalue weighted by molar-refractivity contribution is 0.248. The molecule has 0 spiro atoms. The molecule has 0 bridgehead atoms. The Morgan fingerprint density at radius 2 is 2.11 bits per heavy atom. The minimum absolute atomic E-state index is 0.115. The third kappa shape index (κ3) is 5.25. The van der Waals surface area contributed by atoms with E-state index in [-0.39, 0.29) is 12.4 Å². The number of nitrogens with one attached hydrogen (secondary N) is 1. The van der Waals surface area contributed by atoms with E-state index in [1.54, 1.807) is 12.1 Å². The number of rotatable bonds is 8. The standard InChI is InChI=1S/C14H22ClNO2/c1-2-3-11(6-7-17)9-16-10-12-4-5-14(18)13(15)8-12/h4-5,8,11,16-18H,2-3,6-7,9-10H2,1H3. The number of phenols is 1. The first-order valence-electron chi connectivity index (χ1n) is 6.46.